The first kappa shape index (κ1) is 32.9. The van der Waals surface area contributed by atoms with Crippen LogP contribution >= 0.6 is 0 Å². The maximum Gasteiger partial charge on any atom is 0.249 e. The fraction of sp³-hybridized carbons (Fsp3) is 0.500. The van der Waals surface area contributed by atoms with Gasteiger partial charge < -0.3 is 19.7 Å². The minimum absolute atomic E-state index is 0.0586. The number of likely N-dealkylation sites (tertiary alicyclic amines) is 1. The van der Waals surface area contributed by atoms with E-state index in [1.54, 1.807) is 37.0 Å². The first-order valence-electron chi connectivity index (χ1n) is 15.2. The fourth-order valence-electron chi connectivity index (χ4n) is 6.33. The van der Waals surface area contributed by atoms with Crippen LogP contribution in [0.4, 0.5) is 23.2 Å². The third-order valence-corrected chi connectivity index (χ3v) is 9.02. The smallest absolute Gasteiger partial charge is 0.249 e. The molecule has 244 valence electrons. The number of benzene rings is 2. The van der Waals surface area contributed by atoms with Crippen LogP contribution in [0.5, 0.6) is 5.75 Å². The summed E-state index contributed by atoms with van der Waals surface area (Å²) >= 11 is 0. The van der Waals surface area contributed by atoms with E-state index in [-0.39, 0.29) is 18.5 Å². The highest BCUT2D eigenvalue weighted by Gasteiger charge is 2.41. The summed E-state index contributed by atoms with van der Waals surface area (Å²) in [6.07, 6.45) is 1.37. The Kier molecular flexibility index (Phi) is 10.7. The first-order chi connectivity index (χ1) is 21.7. The number of hydrogen-bond acceptors (Lipinski definition) is 8. The average Bonchev–Trinajstić information content (AvgIpc) is 3.06. The van der Waals surface area contributed by atoms with E-state index in [4.69, 9.17) is 9.47 Å². The van der Waals surface area contributed by atoms with Crippen molar-refractivity contribution in [3.8, 4) is 5.75 Å². The van der Waals surface area contributed by atoms with Crippen molar-refractivity contribution in [3.05, 3.63) is 65.1 Å². The normalized spacial score (nSPS) is 18.1. The number of pyridine rings is 1. The molecule has 3 N–H and O–H groups in total. The highest BCUT2D eigenvalue weighted by Crippen LogP contribution is 2.41. The minimum Gasteiger partial charge on any atom is -0.497 e. The molecular formula is C32H39F4N5O4. The topological polar surface area (TPSA) is 99.2 Å². The van der Waals surface area contributed by atoms with Crippen LogP contribution in [0.1, 0.15) is 43.0 Å². The van der Waals surface area contributed by atoms with Gasteiger partial charge in [-0.15, -0.1) is 0 Å². The maximum atomic E-state index is 16.5. The molecule has 0 saturated carbocycles. The number of nitrogens with one attached hydrogen (secondary N) is 2. The summed E-state index contributed by atoms with van der Waals surface area (Å²) in [7, 11) is 1.56. The molecule has 1 atom stereocenters. The van der Waals surface area contributed by atoms with E-state index in [1.165, 1.54) is 0 Å². The Bertz CT molecular complexity index is 1460. The number of nitrogens with zero attached hydrogens (tertiary/aromatic N) is 3. The second-order valence-corrected chi connectivity index (χ2v) is 11.7. The predicted molar refractivity (Wildman–Crippen MR) is 160 cm³/mol. The van der Waals surface area contributed by atoms with E-state index in [0.717, 1.165) is 30.8 Å². The van der Waals surface area contributed by atoms with Gasteiger partial charge in [-0.3, -0.25) is 19.9 Å². The fourth-order valence-corrected chi connectivity index (χ4v) is 6.33. The van der Waals surface area contributed by atoms with Crippen molar-refractivity contribution in [2.45, 2.75) is 38.4 Å². The van der Waals surface area contributed by atoms with E-state index in [0.29, 0.717) is 81.0 Å². The number of carbonyl (C=O) groups excluding carboxylic acids is 1. The molecule has 0 unspecified atom stereocenters. The van der Waals surface area contributed by atoms with Crippen LogP contribution in [-0.4, -0.2) is 85.5 Å². The SMILES string of the molecule is COc1ccc2ncc(CN3CCOCC3)c([C@H](F)CCC3(C(=O)NO)CCN(CCNc4cc(F)c(F)c(F)c4)CC3)c2c1. The monoisotopic (exact) mass is 633 g/mol. The van der Waals surface area contributed by atoms with Gasteiger partial charge in [-0.25, -0.2) is 23.0 Å². The van der Waals surface area contributed by atoms with E-state index in [2.05, 4.69) is 20.1 Å². The van der Waals surface area contributed by atoms with Crippen molar-refractivity contribution in [1.29, 1.82) is 0 Å². The maximum absolute atomic E-state index is 16.5. The molecule has 45 heavy (non-hydrogen) atoms. The number of rotatable bonds is 12. The largest absolute Gasteiger partial charge is 0.497 e. The Hall–Kier alpha value is -3.52. The number of morpholine rings is 1. The molecule has 3 aromatic rings. The van der Waals surface area contributed by atoms with Crippen molar-refractivity contribution in [3.63, 3.8) is 0 Å². The summed E-state index contributed by atoms with van der Waals surface area (Å²) in [6.45, 7) is 5.02. The van der Waals surface area contributed by atoms with Gasteiger partial charge in [0.15, 0.2) is 17.5 Å². The Morgan fingerprint density at radius 3 is 2.47 bits per heavy atom. The van der Waals surface area contributed by atoms with Crippen LogP contribution in [0.25, 0.3) is 10.9 Å². The molecule has 13 heteroatoms. The quantitative estimate of drug-likeness (QED) is 0.111. The Morgan fingerprint density at radius 2 is 1.80 bits per heavy atom. The van der Waals surface area contributed by atoms with E-state index in [1.807, 2.05) is 0 Å². The van der Waals surface area contributed by atoms with Gasteiger partial charge in [-0.2, -0.15) is 0 Å². The molecule has 5 rings (SSSR count). The van der Waals surface area contributed by atoms with E-state index >= 15 is 4.39 Å². The molecule has 0 radical (unpaired) electrons. The molecule has 2 fully saturated rings. The number of aromatic nitrogens is 1. The lowest BCUT2D eigenvalue weighted by atomic mass is 9.73. The molecule has 9 nitrogen and oxygen atoms in total. The lowest BCUT2D eigenvalue weighted by molar-refractivity contribution is -0.143. The highest BCUT2D eigenvalue weighted by atomic mass is 19.2. The minimum atomic E-state index is -1.52. The third-order valence-electron chi connectivity index (χ3n) is 9.02. The van der Waals surface area contributed by atoms with Crippen LogP contribution in [0.3, 0.4) is 0 Å². The number of piperidine rings is 1. The zero-order valence-corrected chi connectivity index (χ0v) is 25.3. The number of halogens is 4. The number of methoxy groups -OCH3 is 1. The molecule has 0 aliphatic carbocycles. The van der Waals surface area contributed by atoms with Gasteiger partial charge >= 0.3 is 0 Å². The van der Waals surface area contributed by atoms with Gasteiger partial charge in [-0.05, 0) is 62.5 Å². The van der Waals surface area contributed by atoms with Gasteiger partial charge in [0, 0.05) is 67.7 Å². The van der Waals surface area contributed by atoms with Gasteiger partial charge in [0.25, 0.3) is 0 Å². The lowest BCUT2D eigenvalue weighted by Gasteiger charge is -2.40. The standard InChI is InChI=1S/C32H39F4N5O4/c1-44-23-2-3-28-24(18-23)29(21(19-38-28)20-41-12-14-45-15-13-41)25(33)4-5-32(31(42)39-43)6-9-40(10-7-32)11-8-37-22-16-26(34)30(36)27(35)17-22/h2-3,16-19,25,37,43H,4-15,20H2,1H3,(H,39,42)/t25-/m1/s1. The summed E-state index contributed by atoms with van der Waals surface area (Å²) in [5.74, 6) is -4.01. The van der Waals surface area contributed by atoms with Crippen molar-refractivity contribution in [2.24, 2.45) is 5.41 Å². The second-order valence-electron chi connectivity index (χ2n) is 11.7. The molecule has 2 aromatic carbocycles. The predicted octanol–water partition coefficient (Wildman–Crippen LogP) is 4.98. The zero-order valence-electron chi connectivity index (χ0n) is 25.3. The molecule has 3 heterocycles. The van der Waals surface area contributed by atoms with Crippen molar-refractivity contribution < 1.29 is 37.0 Å². The number of amides is 1. The van der Waals surface area contributed by atoms with Crippen LogP contribution in [0.2, 0.25) is 0 Å². The Balaban J connectivity index is 1.27. The molecule has 2 saturated heterocycles. The highest BCUT2D eigenvalue weighted by molar-refractivity contribution is 5.85. The molecule has 0 spiro atoms. The molecular weight excluding hydrogens is 594 g/mol. The van der Waals surface area contributed by atoms with Gasteiger partial charge in [0.1, 0.15) is 11.9 Å². The van der Waals surface area contributed by atoms with Crippen molar-refractivity contribution in [2.75, 3.05) is 64.9 Å². The van der Waals surface area contributed by atoms with Crippen molar-refractivity contribution >= 4 is 22.5 Å². The third kappa shape index (κ3) is 7.66. The Morgan fingerprint density at radius 1 is 1.09 bits per heavy atom. The van der Waals surface area contributed by atoms with Crippen LogP contribution in [-0.2, 0) is 16.1 Å². The summed E-state index contributed by atoms with van der Waals surface area (Å²) in [5, 5.41) is 13.2. The summed E-state index contributed by atoms with van der Waals surface area (Å²) < 4.78 is 67.7. The first-order valence-corrected chi connectivity index (χ1v) is 15.2. The molecule has 2 aliphatic rings. The summed E-state index contributed by atoms with van der Waals surface area (Å²) in [6, 6.07) is 7.18. The molecule has 2 aliphatic heterocycles. The Labute approximate surface area is 259 Å². The second kappa shape index (κ2) is 14.7. The van der Waals surface area contributed by atoms with E-state index in [9.17, 15) is 23.2 Å². The summed E-state index contributed by atoms with van der Waals surface area (Å²) in [4.78, 5) is 21.9. The van der Waals surface area contributed by atoms with Gasteiger partial charge in [-0.1, -0.05) is 0 Å². The number of carbonyl (C=O) groups is 1. The van der Waals surface area contributed by atoms with Gasteiger partial charge in [0.05, 0.1) is 31.3 Å². The van der Waals surface area contributed by atoms with Gasteiger partial charge in [0.2, 0.25) is 5.91 Å². The number of hydrogen-bond donors (Lipinski definition) is 3. The molecule has 0 bridgehead atoms. The molecule has 1 aromatic heterocycles. The number of ether oxygens (including phenoxy) is 2. The summed E-state index contributed by atoms with van der Waals surface area (Å²) in [5.41, 5.74) is 2.91. The lowest BCUT2D eigenvalue weighted by Crippen LogP contribution is -2.49. The van der Waals surface area contributed by atoms with Crippen LogP contribution in [0, 0.1) is 22.9 Å². The number of hydroxylamine groups is 1. The van der Waals surface area contributed by atoms with E-state index < -0.39 is 34.9 Å². The zero-order chi connectivity index (χ0) is 32.0. The van der Waals surface area contributed by atoms with Crippen molar-refractivity contribution in [1.82, 2.24) is 20.3 Å². The van der Waals surface area contributed by atoms with Crippen LogP contribution < -0.4 is 15.5 Å². The number of anilines is 1. The average molecular weight is 634 g/mol. The van der Waals surface area contributed by atoms with Crippen LogP contribution in [0.15, 0.2) is 36.5 Å². The number of alkyl halides is 1. The molecule has 1 amide bonds. The number of fused-ring (bicyclic) bond motifs is 1.